The number of aromatic nitrogens is 2. The average molecular weight is 196 g/mol. The summed E-state index contributed by atoms with van der Waals surface area (Å²) in [6, 6.07) is -0.0433. The minimum Gasteiger partial charge on any atom is -0.347 e. The van der Waals surface area contributed by atoms with Gasteiger partial charge < -0.3 is 10.6 Å². The summed E-state index contributed by atoms with van der Waals surface area (Å²) in [5.41, 5.74) is 6.61. The molecule has 2 N–H and O–H groups in total. The van der Waals surface area contributed by atoms with E-state index in [-0.39, 0.29) is 18.5 Å². The maximum absolute atomic E-state index is 11.3. The zero-order valence-corrected chi connectivity index (χ0v) is 8.77. The highest BCUT2D eigenvalue weighted by Gasteiger charge is 2.07. The van der Waals surface area contributed by atoms with Crippen molar-refractivity contribution < 1.29 is 4.79 Å². The number of amides is 1. The largest absolute Gasteiger partial charge is 0.347 e. The van der Waals surface area contributed by atoms with E-state index in [9.17, 15) is 4.79 Å². The summed E-state index contributed by atoms with van der Waals surface area (Å²) in [6.07, 6.45) is 3.49. The summed E-state index contributed by atoms with van der Waals surface area (Å²) in [4.78, 5) is 12.9. The van der Waals surface area contributed by atoms with Gasteiger partial charge in [-0.3, -0.25) is 9.48 Å². The summed E-state index contributed by atoms with van der Waals surface area (Å²) in [7, 11) is 3.44. The van der Waals surface area contributed by atoms with Crippen LogP contribution in [0.2, 0.25) is 0 Å². The molecule has 14 heavy (non-hydrogen) atoms. The lowest BCUT2D eigenvalue weighted by Crippen LogP contribution is -2.26. The number of hydrogen-bond acceptors (Lipinski definition) is 3. The quantitative estimate of drug-likeness (QED) is 0.739. The number of nitrogens with zero attached hydrogens (tertiary/aromatic N) is 3. The monoisotopic (exact) mass is 196 g/mol. The van der Waals surface area contributed by atoms with E-state index in [1.165, 1.54) is 4.90 Å². The van der Waals surface area contributed by atoms with Crippen molar-refractivity contribution in [3.63, 3.8) is 0 Å². The molecule has 1 unspecified atom stereocenters. The summed E-state index contributed by atoms with van der Waals surface area (Å²) < 4.78 is 1.60. The van der Waals surface area contributed by atoms with Crippen molar-refractivity contribution in [1.29, 1.82) is 0 Å². The van der Waals surface area contributed by atoms with Gasteiger partial charge in [0.1, 0.15) is 6.54 Å². The molecule has 0 bridgehead atoms. The van der Waals surface area contributed by atoms with Crippen LogP contribution in [0.1, 0.15) is 18.5 Å². The molecule has 0 aliphatic rings. The van der Waals surface area contributed by atoms with Crippen LogP contribution in [0.15, 0.2) is 12.4 Å². The summed E-state index contributed by atoms with van der Waals surface area (Å²) in [5.74, 6) is 0.0179. The molecule has 1 amide bonds. The van der Waals surface area contributed by atoms with Gasteiger partial charge in [0.25, 0.3) is 0 Å². The Morgan fingerprint density at radius 3 is 2.79 bits per heavy atom. The second kappa shape index (κ2) is 4.23. The molecular formula is C9H16N4O. The lowest BCUT2D eigenvalue weighted by atomic mass is 10.2. The molecule has 0 aromatic carbocycles. The molecule has 0 saturated carbocycles. The van der Waals surface area contributed by atoms with Crippen molar-refractivity contribution in [3.8, 4) is 0 Å². The van der Waals surface area contributed by atoms with Crippen molar-refractivity contribution in [2.75, 3.05) is 14.1 Å². The zero-order valence-electron chi connectivity index (χ0n) is 8.77. The van der Waals surface area contributed by atoms with Gasteiger partial charge in [-0.25, -0.2) is 0 Å². The third-order valence-electron chi connectivity index (χ3n) is 1.98. The first-order valence-electron chi connectivity index (χ1n) is 4.49. The Morgan fingerprint density at radius 2 is 2.36 bits per heavy atom. The Balaban J connectivity index is 2.64. The van der Waals surface area contributed by atoms with Crippen LogP contribution in [0.5, 0.6) is 0 Å². The lowest BCUT2D eigenvalue weighted by molar-refractivity contribution is -0.129. The van der Waals surface area contributed by atoms with Crippen molar-refractivity contribution in [3.05, 3.63) is 18.0 Å². The third-order valence-corrected chi connectivity index (χ3v) is 1.98. The Bertz CT molecular complexity index is 316. The molecule has 0 saturated heterocycles. The van der Waals surface area contributed by atoms with Crippen LogP contribution in [0, 0.1) is 0 Å². The fourth-order valence-corrected chi connectivity index (χ4v) is 0.981. The molecular weight excluding hydrogens is 180 g/mol. The standard InChI is InChI=1S/C9H16N4O/c1-7(10)8-4-11-13(5-8)6-9(14)12(2)3/h4-5,7H,6,10H2,1-3H3. The third kappa shape index (κ3) is 2.56. The minimum atomic E-state index is -0.0433. The highest BCUT2D eigenvalue weighted by molar-refractivity contribution is 5.75. The summed E-state index contributed by atoms with van der Waals surface area (Å²) in [5, 5.41) is 4.05. The molecule has 1 aromatic heterocycles. The van der Waals surface area contributed by atoms with Gasteiger partial charge >= 0.3 is 0 Å². The Hall–Kier alpha value is -1.36. The van der Waals surface area contributed by atoms with Crippen molar-refractivity contribution in [2.24, 2.45) is 5.73 Å². The number of hydrogen-bond donors (Lipinski definition) is 1. The van der Waals surface area contributed by atoms with Crippen LogP contribution in [0.25, 0.3) is 0 Å². The van der Waals surface area contributed by atoms with Crippen LogP contribution in [0.3, 0.4) is 0 Å². The maximum Gasteiger partial charge on any atom is 0.243 e. The molecule has 0 radical (unpaired) electrons. The molecule has 5 nitrogen and oxygen atoms in total. The smallest absolute Gasteiger partial charge is 0.243 e. The number of nitrogens with two attached hydrogens (primary N) is 1. The minimum absolute atomic E-state index is 0.0179. The Morgan fingerprint density at radius 1 is 1.71 bits per heavy atom. The van der Waals surface area contributed by atoms with Gasteiger partial charge in [-0.15, -0.1) is 0 Å². The van der Waals surface area contributed by atoms with Gasteiger partial charge in [-0.1, -0.05) is 0 Å². The van der Waals surface area contributed by atoms with E-state index < -0.39 is 0 Å². The number of likely N-dealkylation sites (N-methyl/N-ethyl adjacent to an activating group) is 1. The predicted octanol–water partition coefficient (Wildman–Crippen LogP) is -0.00900. The van der Waals surface area contributed by atoms with E-state index in [1.807, 2.05) is 6.92 Å². The van der Waals surface area contributed by atoms with Crippen molar-refractivity contribution in [1.82, 2.24) is 14.7 Å². The second-order valence-electron chi connectivity index (χ2n) is 3.55. The molecule has 0 fully saturated rings. The first-order valence-corrected chi connectivity index (χ1v) is 4.49. The van der Waals surface area contributed by atoms with Crippen molar-refractivity contribution >= 4 is 5.91 Å². The molecule has 0 aliphatic carbocycles. The Labute approximate surface area is 83.5 Å². The second-order valence-corrected chi connectivity index (χ2v) is 3.55. The first kappa shape index (κ1) is 10.7. The van der Waals surface area contributed by atoms with Gasteiger partial charge in [0, 0.05) is 31.9 Å². The van der Waals surface area contributed by atoms with Gasteiger partial charge in [-0.05, 0) is 6.92 Å². The molecule has 1 rings (SSSR count). The number of carbonyl (C=O) groups excluding carboxylic acids is 1. The first-order chi connectivity index (χ1) is 6.50. The Kier molecular flexibility index (Phi) is 3.24. The normalized spacial score (nSPS) is 12.6. The lowest BCUT2D eigenvalue weighted by Gasteiger charge is -2.09. The van der Waals surface area contributed by atoms with E-state index in [0.29, 0.717) is 0 Å². The highest BCUT2D eigenvalue weighted by atomic mass is 16.2. The number of rotatable bonds is 3. The number of carbonyl (C=O) groups is 1. The SMILES string of the molecule is CC(N)c1cnn(CC(=O)N(C)C)c1. The van der Waals surface area contributed by atoms with Crippen LogP contribution < -0.4 is 5.73 Å². The van der Waals surface area contributed by atoms with Gasteiger partial charge in [0.2, 0.25) is 5.91 Å². The van der Waals surface area contributed by atoms with Crippen LogP contribution >= 0.6 is 0 Å². The molecule has 78 valence electrons. The summed E-state index contributed by atoms with van der Waals surface area (Å²) >= 11 is 0. The molecule has 0 spiro atoms. The van der Waals surface area contributed by atoms with E-state index >= 15 is 0 Å². The molecule has 5 heteroatoms. The zero-order chi connectivity index (χ0) is 10.7. The van der Waals surface area contributed by atoms with Crippen LogP contribution in [0.4, 0.5) is 0 Å². The van der Waals surface area contributed by atoms with Gasteiger partial charge in [0.15, 0.2) is 0 Å². The molecule has 1 atom stereocenters. The maximum atomic E-state index is 11.3. The van der Waals surface area contributed by atoms with E-state index in [2.05, 4.69) is 5.10 Å². The van der Waals surface area contributed by atoms with E-state index in [0.717, 1.165) is 5.56 Å². The van der Waals surface area contributed by atoms with Crippen molar-refractivity contribution in [2.45, 2.75) is 19.5 Å². The van der Waals surface area contributed by atoms with Gasteiger partial charge in [0.05, 0.1) is 6.20 Å². The average Bonchev–Trinajstić information content (AvgIpc) is 2.52. The molecule has 1 aromatic rings. The van der Waals surface area contributed by atoms with Gasteiger partial charge in [-0.2, -0.15) is 5.10 Å². The summed E-state index contributed by atoms with van der Waals surface area (Å²) in [6.45, 7) is 2.15. The predicted molar refractivity (Wildman–Crippen MR) is 53.5 cm³/mol. The fraction of sp³-hybridized carbons (Fsp3) is 0.556. The van der Waals surface area contributed by atoms with E-state index in [4.69, 9.17) is 5.73 Å². The molecule has 1 heterocycles. The molecule has 0 aliphatic heterocycles. The fourth-order valence-electron chi connectivity index (χ4n) is 0.981. The van der Waals surface area contributed by atoms with Crippen LogP contribution in [-0.2, 0) is 11.3 Å². The van der Waals surface area contributed by atoms with Crippen LogP contribution in [-0.4, -0.2) is 34.7 Å². The van der Waals surface area contributed by atoms with E-state index in [1.54, 1.807) is 31.2 Å². The topological polar surface area (TPSA) is 64.1 Å². The highest BCUT2D eigenvalue weighted by Crippen LogP contribution is 2.06.